The molecule has 1 unspecified atom stereocenters. The summed E-state index contributed by atoms with van der Waals surface area (Å²) in [5.74, 6) is -0.327. The van der Waals surface area contributed by atoms with Gasteiger partial charge in [0.15, 0.2) is 5.13 Å². The number of H-pyrrole nitrogens is 1. The number of hydrogen-bond acceptors (Lipinski definition) is 7. The molecule has 0 radical (unpaired) electrons. The SMILES string of the molecule is CCC(Sc1cccc(NC(=O)/C(=C/c2c[nH]c3ccccc23)NC(=O)c2ccccc2)c1)C(=O)Nc1nc(-c2cccc(OC)c2)cs1. The fourth-order valence-electron chi connectivity index (χ4n) is 5.08. The van der Waals surface area contributed by atoms with Gasteiger partial charge in [-0.05, 0) is 61.0 Å². The number of ether oxygens (including phenoxy) is 1. The largest absolute Gasteiger partial charge is 0.497 e. The van der Waals surface area contributed by atoms with Crippen molar-refractivity contribution < 1.29 is 19.1 Å². The highest BCUT2D eigenvalue weighted by Crippen LogP contribution is 2.31. The molecule has 0 saturated heterocycles. The van der Waals surface area contributed by atoms with E-state index >= 15 is 0 Å². The Kier molecular flexibility index (Phi) is 10.5. The van der Waals surface area contributed by atoms with E-state index in [0.717, 1.165) is 38.4 Å². The molecule has 9 nitrogen and oxygen atoms in total. The van der Waals surface area contributed by atoms with Crippen LogP contribution in [0, 0.1) is 0 Å². The zero-order valence-electron chi connectivity index (χ0n) is 26.7. The summed E-state index contributed by atoms with van der Waals surface area (Å²) in [6, 6.07) is 31.3. The Bertz CT molecular complexity index is 2140. The molecular formula is C38H33N5O4S2. The lowest BCUT2D eigenvalue weighted by Gasteiger charge is -2.15. The number of aromatic amines is 1. The summed E-state index contributed by atoms with van der Waals surface area (Å²) in [6.07, 6.45) is 4.03. The summed E-state index contributed by atoms with van der Waals surface area (Å²) in [5.41, 5.74) is 4.35. The van der Waals surface area contributed by atoms with Crippen LogP contribution in [-0.4, -0.2) is 40.0 Å². The van der Waals surface area contributed by atoms with Crippen molar-refractivity contribution in [2.75, 3.05) is 17.7 Å². The molecule has 2 heterocycles. The van der Waals surface area contributed by atoms with Crippen LogP contribution >= 0.6 is 23.1 Å². The van der Waals surface area contributed by atoms with Gasteiger partial charge in [0, 0.05) is 49.8 Å². The predicted molar refractivity (Wildman–Crippen MR) is 198 cm³/mol. The van der Waals surface area contributed by atoms with Crippen molar-refractivity contribution in [1.29, 1.82) is 0 Å². The average molecular weight is 688 g/mol. The molecule has 3 amide bonds. The molecule has 1 atom stereocenters. The summed E-state index contributed by atoms with van der Waals surface area (Å²) in [7, 11) is 1.62. The van der Waals surface area contributed by atoms with Crippen LogP contribution in [0.25, 0.3) is 28.2 Å². The van der Waals surface area contributed by atoms with Crippen molar-refractivity contribution in [3.05, 3.63) is 132 Å². The first-order chi connectivity index (χ1) is 23.9. The molecule has 0 aliphatic carbocycles. The lowest BCUT2D eigenvalue weighted by molar-refractivity contribution is -0.116. The van der Waals surface area contributed by atoms with Crippen molar-refractivity contribution in [3.63, 3.8) is 0 Å². The molecule has 0 spiro atoms. The zero-order valence-corrected chi connectivity index (χ0v) is 28.4. The van der Waals surface area contributed by atoms with E-state index in [1.807, 2.05) is 85.1 Å². The summed E-state index contributed by atoms with van der Waals surface area (Å²) in [5, 5.41) is 11.6. The van der Waals surface area contributed by atoms with Gasteiger partial charge in [-0.3, -0.25) is 14.4 Å². The number of thiazole rings is 1. The number of anilines is 2. The second kappa shape index (κ2) is 15.5. The molecule has 0 saturated carbocycles. The molecule has 246 valence electrons. The summed E-state index contributed by atoms with van der Waals surface area (Å²) in [6.45, 7) is 1.95. The van der Waals surface area contributed by atoms with E-state index in [2.05, 4.69) is 25.9 Å². The predicted octanol–water partition coefficient (Wildman–Crippen LogP) is 8.22. The van der Waals surface area contributed by atoms with E-state index < -0.39 is 17.1 Å². The number of aromatic nitrogens is 2. The minimum absolute atomic E-state index is 0.0826. The van der Waals surface area contributed by atoms with Gasteiger partial charge in [-0.1, -0.05) is 61.5 Å². The molecule has 0 bridgehead atoms. The highest BCUT2D eigenvalue weighted by Gasteiger charge is 2.21. The minimum Gasteiger partial charge on any atom is -0.497 e. The monoisotopic (exact) mass is 687 g/mol. The lowest BCUT2D eigenvalue weighted by Crippen LogP contribution is -2.30. The second-order valence-corrected chi connectivity index (χ2v) is 13.1. The van der Waals surface area contributed by atoms with Crippen molar-refractivity contribution in [1.82, 2.24) is 15.3 Å². The van der Waals surface area contributed by atoms with Crippen molar-refractivity contribution >= 4 is 68.6 Å². The molecule has 4 aromatic carbocycles. The Morgan fingerprint density at radius 1 is 0.939 bits per heavy atom. The molecular weight excluding hydrogens is 655 g/mol. The number of fused-ring (bicyclic) bond motifs is 1. The molecule has 2 aromatic heterocycles. The third kappa shape index (κ3) is 8.26. The highest BCUT2D eigenvalue weighted by atomic mass is 32.2. The number of amides is 3. The summed E-state index contributed by atoms with van der Waals surface area (Å²) < 4.78 is 5.32. The maximum atomic E-state index is 13.7. The molecule has 6 rings (SSSR count). The first-order valence-corrected chi connectivity index (χ1v) is 17.3. The number of carbonyl (C=O) groups excluding carboxylic acids is 3. The van der Waals surface area contributed by atoms with Crippen molar-refractivity contribution in [2.45, 2.75) is 23.5 Å². The van der Waals surface area contributed by atoms with E-state index in [1.54, 1.807) is 49.7 Å². The number of nitrogens with one attached hydrogen (secondary N) is 4. The first kappa shape index (κ1) is 33.3. The smallest absolute Gasteiger partial charge is 0.272 e. The number of thioether (sulfide) groups is 1. The number of methoxy groups -OCH3 is 1. The average Bonchev–Trinajstić information content (AvgIpc) is 3.78. The van der Waals surface area contributed by atoms with Crippen LogP contribution in [0.1, 0.15) is 29.3 Å². The van der Waals surface area contributed by atoms with E-state index in [-0.39, 0.29) is 11.6 Å². The van der Waals surface area contributed by atoms with Crippen LogP contribution in [0.4, 0.5) is 10.8 Å². The van der Waals surface area contributed by atoms with Gasteiger partial charge < -0.3 is 25.7 Å². The van der Waals surface area contributed by atoms with Crippen LogP contribution < -0.4 is 20.7 Å². The highest BCUT2D eigenvalue weighted by molar-refractivity contribution is 8.00. The number of nitrogens with zero attached hydrogens (tertiary/aromatic N) is 1. The van der Waals surface area contributed by atoms with Crippen LogP contribution in [0.15, 0.2) is 125 Å². The third-order valence-electron chi connectivity index (χ3n) is 7.58. The van der Waals surface area contributed by atoms with Crippen LogP contribution in [-0.2, 0) is 9.59 Å². The van der Waals surface area contributed by atoms with Gasteiger partial charge in [0.25, 0.3) is 11.8 Å². The van der Waals surface area contributed by atoms with E-state index in [9.17, 15) is 14.4 Å². The number of para-hydroxylation sites is 1. The minimum atomic E-state index is -0.489. The number of hydrogen-bond donors (Lipinski definition) is 4. The molecule has 0 aliphatic rings. The Balaban J connectivity index is 1.16. The van der Waals surface area contributed by atoms with E-state index in [4.69, 9.17) is 4.74 Å². The number of carbonyl (C=O) groups is 3. The van der Waals surface area contributed by atoms with Gasteiger partial charge in [0.1, 0.15) is 11.4 Å². The van der Waals surface area contributed by atoms with Gasteiger partial charge in [-0.2, -0.15) is 0 Å². The normalized spacial score (nSPS) is 11.9. The van der Waals surface area contributed by atoms with E-state index in [1.165, 1.54) is 23.1 Å². The molecule has 0 fully saturated rings. The van der Waals surface area contributed by atoms with Crippen LogP contribution in [0.3, 0.4) is 0 Å². The fourth-order valence-corrected chi connectivity index (χ4v) is 6.81. The van der Waals surface area contributed by atoms with Gasteiger partial charge in [-0.25, -0.2) is 4.98 Å². The van der Waals surface area contributed by atoms with Gasteiger partial charge >= 0.3 is 0 Å². The summed E-state index contributed by atoms with van der Waals surface area (Å²) in [4.78, 5) is 48.7. The standard InChI is InChI=1S/C38H33N5O4S2/c1-3-34(37(46)43-38-42-33(23-48-38)25-13-9-15-28(19-25)47-2)49-29-16-10-14-27(21-29)40-36(45)32(41-35(44)24-11-5-4-6-12-24)20-26-22-39-31-18-8-7-17-30(26)31/h4-23,34,39H,3H2,1-2H3,(H,40,45)(H,41,44)(H,42,43,46)/b32-20-. The second-order valence-electron chi connectivity index (χ2n) is 10.9. The summed E-state index contributed by atoms with van der Waals surface area (Å²) >= 11 is 2.75. The maximum absolute atomic E-state index is 13.7. The molecule has 0 aliphatic heterocycles. The Morgan fingerprint density at radius 2 is 1.73 bits per heavy atom. The molecule has 6 aromatic rings. The molecule has 4 N–H and O–H groups in total. The molecule has 11 heteroatoms. The van der Waals surface area contributed by atoms with Crippen molar-refractivity contribution in [3.8, 4) is 17.0 Å². The zero-order chi connectivity index (χ0) is 34.2. The van der Waals surface area contributed by atoms with Crippen LogP contribution in [0.5, 0.6) is 5.75 Å². The maximum Gasteiger partial charge on any atom is 0.272 e. The molecule has 49 heavy (non-hydrogen) atoms. The lowest BCUT2D eigenvalue weighted by atomic mass is 10.1. The van der Waals surface area contributed by atoms with Gasteiger partial charge in [0.2, 0.25) is 5.91 Å². The Labute approximate surface area is 291 Å². The quantitative estimate of drug-likeness (QED) is 0.0759. The van der Waals surface area contributed by atoms with Crippen molar-refractivity contribution in [2.24, 2.45) is 0 Å². The third-order valence-corrected chi connectivity index (χ3v) is 9.70. The Hall–Kier alpha value is -5.65. The van der Waals surface area contributed by atoms with Crippen LogP contribution in [0.2, 0.25) is 0 Å². The topological polar surface area (TPSA) is 125 Å². The fraction of sp³-hybridized carbons (Fsp3) is 0.105. The van der Waals surface area contributed by atoms with Gasteiger partial charge in [0.05, 0.1) is 18.1 Å². The number of benzene rings is 4. The Morgan fingerprint density at radius 3 is 2.55 bits per heavy atom. The van der Waals surface area contributed by atoms with E-state index in [0.29, 0.717) is 22.8 Å². The van der Waals surface area contributed by atoms with Gasteiger partial charge in [-0.15, -0.1) is 23.1 Å². The number of rotatable bonds is 12. The first-order valence-electron chi connectivity index (χ1n) is 15.5.